The van der Waals surface area contributed by atoms with Crippen LogP contribution in [0.1, 0.15) is 37.1 Å². The number of aryl methyl sites for hydroxylation is 1. The number of rotatable bonds is 5. The molecule has 3 rings (SSSR count). The van der Waals surface area contributed by atoms with Crippen molar-refractivity contribution in [3.63, 3.8) is 0 Å². The van der Waals surface area contributed by atoms with Crippen LogP contribution in [0.5, 0.6) is 0 Å². The molecule has 8 heteroatoms. The normalized spacial score (nSPS) is 19.5. The lowest BCUT2D eigenvalue weighted by molar-refractivity contribution is -0.127. The van der Waals surface area contributed by atoms with Crippen LogP contribution in [0.4, 0.5) is 0 Å². The van der Waals surface area contributed by atoms with Crippen molar-refractivity contribution in [2.45, 2.75) is 45.2 Å². The van der Waals surface area contributed by atoms with Crippen molar-refractivity contribution in [1.29, 1.82) is 0 Å². The van der Waals surface area contributed by atoms with Crippen LogP contribution in [-0.4, -0.2) is 84.6 Å². The van der Waals surface area contributed by atoms with E-state index < -0.39 is 0 Å². The van der Waals surface area contributed by atoms with Crippen LogP contribution in [0.15, 0.2) is 15.6 Å². The van der Waals surface area contributed by atoms with Crippen molar-refractivity contribution in [1.82, 2.24) is 25.2 Å². The molecule has 8 nitrogen and oxygen atoms in total. The van der Waals surface area contributed by atoms with Crippen molar-refractivity contribution >= 4 is 11.9 Å². The summed E-state index contributed by atoms with van der Waals surface area (Å²) in [4.78, 5) is 22.9. The first-order valence-corrected chi connectivity index (χ1v) is 9.92. The van der Waals surface area contributed by atoms with Crippen LogP contribution in [0.2, 0.25) is 0 Å². The molecule has 0 atom stereocenters. The van der Waals surface area contributed by atoms with Crippen molar-refractivity contribution in [2.75, 3.05) is 46.8 Å². The first kappa shape index (κ1) is 19.7. The quantitative estimate of drug-likeness (QED) is 0.612. The van der Waals surface area contributed by atoms with E-state index >= 15 is 0 Å². The summed E-state index contributed by atoms with van der Waals surface area (Å²) in [6.45, 7) is 6.60. The molecule has 2 aliphatic rings. The number of piperazine rings is 1. The topological polar surface area (TPSA) is 77.2 Å². The Balaban J connectivity index is 1.57. The summed E-state index contributed by atoms with van der Waals surface area (Å²) in [6.07, 6.45) is 4.91. The van der Waals surface area contributed by atoms with Crippen LogP contribution in [0.3, 0.4) is 0 Å². The van der Waals surface area contributed by atoms with Crippen molar-refractivity contribution in [3.8, 4) is 0 Å². The molecule has 1 aliphatic carbocycles. The van der Waals surface area contributed by atoms with Gasteiger partial charge in [0.15, 0.2) is 5.96 Å². The first-order chi connectivity index (χ1) is 13.0. The summed E-state index contributed by atoms with van der Waals surface area (Å²) >= 11 is 0. The van der Waals surface area contributed by atoms with Crippen LogP contribution in [0, 0.1) is 6.92 Å². The summed E-state index contributed by atoms with van der Waals surface area (Å²) in [5.41, 5.74) is 0.982. The van der Waals surface area contributed by atoms with E-state index in [1.54, 1.807) is 19.0 Å². The third-order valence-electron chi connectivity index (χ3n) is 5.29. The first-order valence-electron chi connectivity index (χ1n) is 9.92. The molecular weight excluding hydrogens is 344 g/mol. The van der Waals surface area contributed by atoms with E-state index in [1.165, 1.54) is 25.7 Å². The van der Waals surface area contributed by atoms with Crippen LogP contribution >= 0.6 is 0 Å². The number of carbonyl (C=O) groups is 1. The number of carbonyl (C=O) groups excluding carboxylic acids is 1. The third-order valence-corrected chi connectivity index (χ3v) is 5.29. The minimum absolute atomic E-state index is 0.0285. The fourth-order valence-corrected chi connectivity index (χ4v) is 3.61. The van der Waals surface area contributed by atoms with Crippen molar-refractivity contribution in [2.24, 2.45) is 4.99 Å². The summed E-state index contributed by atoms with van der Waals surface area (Å²) in [6, 6.07) is 2.47. The fourth-order valence-electron chi connectivity index (χ4n) is 3.61. The molecule has 0 unspecified atom stereocenters. The van der Waals surface area contributed by atoms with E-state index in [0.29, 0.717) is 6.04 Å². The molecule has 0 aromatic carbocycles. The van der Waals surface area contributed by atoms with Crippen molar-refractivity contribution < 1.29 is 9.32 Å². The summed E-state index contributed by atoms with van der Waals surface area (Å²) in [5, 5.41) is 7.70. The predicted octanol–water partition coefficient (Wildman–Crippen LogP) is 1.08. The number of hydrogen-bond donors (Lipinski definition) is 1. The molecule has 27 heavy (non-hydrogen) atoms. The Bertz CT molecular complexity index is 642. The Hall–Kier alpha value is -2.09. The second-order valence-corrected chi connectivity index (χ2v) is 7.75. The van der Waals surface area contributed by atoms with Gasteiger partial charge in [-0.15, -0.1) is 0 Å². The SMILES string of the molecule is Cc1cc(CN2CCN(C(=NCC(=O)N(C)C)NC3CCCC3)CC2)no1. The number of guanidine groups is 1. The van der Waals surface area contributed by atoms with Crippen LogP contribution < -0.4 is 5.32 Å². The summed E-state index contributed by atoms with van der Waals surface area (Å²) in [7, 11) is 3.54. The van der Waals surface area contributed by atoms with E-state index in [0.717, 1.165) is 50.1 Å². The predicted molar refractivity (Wildman–Crippen MR) is 104 cm³/mol. The minimum atomic E-state index is 0.0285. The van der Waals surface area contributed by atoms with Gasteiger partial charge in [-0.1, -0.05) is 18.0 Å². The molecule has 1 aromatic rings. The van der Waals surface area contributed by atoms with E-state index in [-0.39, 0.29) is 12.5 Å². The van der Waals surface area contributed by atoms with E-state index in [4.69, 9.17) is 4.52 Å². The molecule has 1 aliphatic heterocycles. The Morgan fingerprint density at radius 2 is 2.00 bits per heavy atom. The van der Waals surface area contributed by atoms with E-state index in [1.807, 2.05) is 13.0 Å². The number of amides is 1. The van der Waals surface area contributed by atoms with Gasteiger partial charge >= 0.3 is 0 Å². The Kier molecular flexibility index (Phi) is 6.71. The molecule has 1 saturated carbocycles. The highest BCUT2D eigenvalue weighted by atomic mass is 16.5. The molecule has 0 bridgehead atoms. The van der Waals surface area contributed by atoms with Gasteiger partial charge in [0.25, 0.3) is 0 Å². The Labute approximate surface area is 161 Å². The Morgan fingerprint density at radius 3 is 2.59 bits per heavy atom. The highest BCUT2D eigenvalue weighted by Crippen LogP contribution is 2.18. The molecule has 2 heterocycles. The fraction of sp³-hybridized carbons (Fsp3) is 0.737. The average Bonchev–Trinajstić information content (AvgIpc) is 3.30. The zero-order valence-corrected chi connectivity index (χ0v) is 16.8. The maximum absolute atomic E-state index is 12.0. The number of nitrogens with zero attached hydrogens (tertiary/aromatic N) is 5. The molecule has 1 aromatic heterocycles. The van der Waals surface area contributed by atoms with Gasteiger partial charge in [0, 0.05) is 58.9 Å². The van der Waals surface area contributed by atoms with Gasteiger partial charge in [-0.2, -0.15) is 0 Å². The second kappa shape index (κ2) is 9.21. The second-order valence-electron chi connectivity index (χ2n) is 7.75. The highest BCUT2D eigenvalue weighted by molar-refractivity contribution is 5.85. The van der Waals surface area contributed by atoms with Gasteiger partial charge < -0.3 is 19.6 Å². The van der Waals surface area contributed by atoms with E-state index in [9.17, 15) is 4.79 Å². The Morgan fingerprint density at radius 1 is 1.30 bits per heavy atom. The van der Waals surface area contributed by atoms with Gasteiger partial charge in [0.05, 0.1) is 5.69 Å². The molecular formula is C19H32N6O2. The maximum Gasteiger partial charge on any atom is 0.243 e. The number of aliphatic imine (C=N–C) groups is 1. The van der Waals surface area contributed by atoms with Gasteiger partial charge in [0.1, 0.15) is 12.3 Å². The lowest BCUT2D eigenvalue weighted by Crippen LogP contribution is -2.54. The molecule has 2 fully saturated rings. The molecule has 0 radical (unpaired) electrons. The molecule has 1 amide bonds. The van der Waals surface area contributed by atoms with E-state index in [2.05, 4.69) is 25.3 Å². The zero-order chi connectivity index (χ0) is 19.2. The number of nitrogens with one attached hydrogen (secondary N) is 1. The highest BCUT2D eigenvalue weighted by Gasteiger charge is 2.24. The largest absolute Gasteiger partial charge is 0.361 e. The molecule has 1 saturated heterocycles. The minimum Gasteiger partial charge on any atom is -0.361 e. The third kappa shape index (κ3) is 5.69. The number of aromatic nitrogens is 1. The number of hydrogen-bond acceptors (Lipinski definition) is 5. The molecule has 150 valence electrons. The standard InChI is InChI=1S/C19H32N6O2/c1-15-12-17(22-27-15)14-24-8-10-25(11-9-24)19(20-13-18(26)23(2)3)21-16-6-4-5-7-16/h12,16H,4-11,13-14H2,1-3H3,(H,20,21). The molecule has 1 N–H and O–H groups in total. The van der Waals surface area contributed by atoms with Gasteiger partial charge in [-0.05, 0) is 19.8 Å². The molecule has 0 spiro atoms. The average molecular weight is 377 g/mol. The van der Waals surface area contributed by atoms with Gasteiger partial charge in [-0.25, -0.2) is 4.99 Å². The zero-order valence-electron chi connectivity index (χ0n) is 16.8. The number of likely N-dealkylation sites (N-methyl/N-ethyl adjacent to an activating group) is 1. The van der Waals surface area contributed by atoms with Crippen molar-refractivity contribution in [3.05, 3.63) is 17.5 Å². The summed E-state index contributed by atoms with van der Waals surface area (Å²) < 4.78 is 5.16. The van der Waals surface area contributed by atoms with Crippen LogP contribution in [0.25, 0.3) is 0 Å². The van der Waals surface area contributed by atoms with Gasteiger partial charge in [-0.3, -0.25) is 9.69 Å². The lowest BCUT2D eigenvalue weighted by atomic mass is 10.2. The van der Waals surface area contributed by atoms with Gasteiger partial charge in [0.2, 0.25) is 5.91 Å². The monoisotopic (exact) mass is 376 g/mol. The van der Waals surface area contributed by atoms with Crippen LogP contribution in [-0.2, 0) is 11.3 Å². The summed E-state index contributed by atoms with van der Waals surface area (Å²) in [5.74, 6) is 1.76. The maximum atomic E-state index is 12.0. The lowest BCUT2D eigenvalue weighted by Gasteiger charge is -2.37. The smallest absolute Gasteiger partial charge is 0.243 e.